The number of nitrogens with one attached hydrogen (secondary N) is 1. The fraction of sp³-hybridized carbons (Fsp3) is 0.462. The summed E-state index contributed by atoms with van der Waals surface area (Å²) in [7, 11) is 0. The summed E-state index contributed by atoms with van der Waals surface area (Å²) < 4.78 is 5.63. The first-order valence-corrected chi connectivity index (χ1v) is 5.86. The predicted octanol–water partition coefficient (Wildman–Crippen LogP) is 2.15. The summed E-state index contributed by atoms with van der Waals surface area (Å²) in [6.45, 7) is 5.74. The summed E-state index contributed by atoms with van der Waals surface area (Å²) in [5.74, 6) is 0.610. The topological polar surface area (TPSA) is 64.3 Å². The molecule has 1 rings (SSSR count). The van der Waals surface area contributed by atoms with Crippen LogP contribution in [0, 0.1) is 0 Å². The second-order valence-corrected chi connectivity index (χ2v) is 4.14. The van der Waals surface area contributed by atoms with Crippen molar-refractivity contribution in [1.82, 2.24) is 0 Å². The fourth-order valence-electron chi connectivity index (χ4n) is 1.19. The third-order valence-corrected chi connectivity index (χ3v) is 2.45. The van der Waals surface area contributed by atoms with Gasteiger partial charge in [-0.3, -0.25) is 4.79 Å². The van der Waals surface area contributed by atoms with E-state index in [1.165, 1.54) is 0 Å². The standard InChI is InChI=1S/C13H20N2O2/c1-4-9(2)17-12-7-5-11(6-8-12)15-13(16)10(3)14/h5-10H,4,14H2,1-3H3,(H,15,16)/t9?,10-/m0/s1. The highest BCUT2D eigenvalue weighted by Gasteiger charge is 2.07. The third-order valence-electron chi connectivity index (χ3n) is 2.45. The number of hydrogen-bond donors (Lipinski definition) is 2. The minimum absolute atomic E-state index is 0.194. The molecule has 0 fully saturated rings. The lowest BCUT2D eigenvalue weighted by molar-refractivity contribution is -0.117. The summed E-state index contributed by atoms with van der Waals surface area (Å²) in [5, 5.41) is 2.72. The molecule has 0 aromatic heterocycles. The number of hydrogen-bond acceptors (Lipinski definition) is 3. The van der Waals surface area contributed by atoms with Crippen molar-refractivity contribution in [1.29, 1.82) is 0 Å². The van der Waals surface area contributed by atoms with Gasteiger partial charge in [0.2, 0.25) is 5.91 Å². The van der Waals surface area contributed by atoms with Crippen LogP contribution in [-0.4, -0.2) is 18.1 Å². The molecule has 0 bridgehead atoms. The molecule has 94 valence electrons. The van der Waals surface area contributed by atoms with E-state index in [2.05, 4.69) is 12.2 Å². The highest BCUT2D eigenvalue weighted by atomic mass is 16.5. The Kier molecular flexibility index (Phi) is 4.97. The van der Waals surface area contributed by atoms with E-state index in [-0.39, 0.29) is 12.0 Å². The van der Waals surface area contributed by atoms with Crippen molar-refractivity contribution < 1.29 is 9.53 Å². The fourth-order valence-corrected chi connectivity index (χ4v) is 1.19. The third kappa shape index (κ3) is 4.44. The molecule has 4 nitrogen and oxygen atoms in total. The first-order chi connectivity index (χ1) is 8.02. The maximum atomic E-state index is 11.4. The van der Waals surface area contributed by atoms with Crippen molar-refractivity contribution in [3.8, 4) is 5.75 Å². The molecule has 3 N–H and O–H groups in total. The normalized spacial score (nSPS) is 13.9. The van der Waals surface area contributed by atoms with Gasteiger partial charge in [-0.2, -0.15) is 0 Å². The van der Waals surface area contributed by atoms with Crippen molar-refractivity contribution >= 4 is 11.6 Å². The Hall–Kier alpha value is -1.55. The van der Waals surface area contributed by atoms with Crippen LogP contribution in [0.2, 0.25) is 0 Å². The van der Waals surface area contributed by atoms with Crippen LogP contribution in [0.5, 0.6) is 5.75 Å². The molecule has 0 spiro atoms. The largest absolute Gasteiger partial charge is 0.491 e. The Labute approximate surface area is 102 Å². The Morgan fingerprint density at radius 1 is 1.35 bits per heavy atom. The number of nitrogens with two attached hydrogens (primary N) is 1. The zero-order valence-electron chi connectivity index (χ0n) is 10.6. The van der Waals surface area contributed by atoms with E-state index in [1.54, 1.807) is 19.1 Å². The molecule has 1 amide bonds. The van der Waals surface area contributed by atoms with Gasteiger partial charge in [0.25, 0.3) is 0 Å². The van der Waals surface area contributed by atoms with Crippen LogP contribution >= 0.6 is 0 Å². The Bertz CT molecular complexity index is 360. The Balaban J connectivity index is 2.59. The van der Waals surface area contributed by atoms with Crippen molar-refractivity contribution in [2.45, 2.75) is 39.3 Å². The van der Waals surface area contributed by atoms with Gasteiger partial charge in [-0.15, -0.1) is 0 Å². The van der Waals surface area contributed by atoms with Gasteiger partial charge in [-0.05, 0) is 44.5 Å². The molecule has 17 heavy (non-hydrogen) atoms. The average molecular weight is 236 g/mol. The molecule has 0 aliphatic heterocycles. The molecular formula is C13H20N2O2. The molecule has 1 aromatic carbocycles. The average Bonchev–Trinajstić information content (AvgIpc) is 2.31. The highest BCUT2D eigenvalue weighted by Crippen LogP contribution is 2.17. The smallest absolute Gasteiger partial charge is 0.240 e. The molecule has 4 heteroatoms. The van der Waals surface area contributed by atoms with Gasteiger partial charge in [-0.1, -0.05) is 6.92 Å². The maximum Gasteiger partial charge on any atom is 0.240 e. The van der Waals surface area contributed by atoms with Gasteiger partial charge < -0.3 is 15.8 Å². The van der Waals surface area contributed by atoms with E-state index in [4.69, 9.17) is 10.5 Å². The summed E-state index contributed by atoms with van der Waals surface area (Å²) in [4.78, 5) is 11.4. The van der Waals surface area contributed by atoms with Crippen LogP contribution in [0.15, 0.2) is 24.3 Å². The van der Waals surface area contributed by atoms with E-state index in [9.17, 15) is 4.79 Å². The minimum atomic E-state index is -0.508. The molecular weight excluding hydrogens is 216 g/mol. The van der Waals surface area contributed by atoms with E-state index in [1.807, 2.05) is 19.1 Å². The number of ether oxygens (including phenoxy) is 1. The van der Waals surface area contributed by atoms with Crippen LogP contribution < -0.4 is 15.8 Å². The quantitative estimate of drug-likeness (QED) is 0.823. The molecule has 0 saturated carbocycles. The molecule has 1 aromatic rings. The Morgan fingerprint density at radius 2 is 1.94 bits per heavy atom. The van der Waals surface area contributed by atoms with Gasteiger partial charge >= 0.3 is 0 Å². The number of benzene rings is 1. The second kappa shape index (κ2) is 6.25. The summed E-state index contributed by atoms with van der Waals surface area (Å²) in [6, 6.07) is 6.77. The van der Waals surface area contributed by atoms with E-state index in [0.717, 1.165) is 17.9 Å². The van der Waals surface area contributed by atoms with Gasteiger partial charge in [0.05, 0.1) is 12.1 Å². The maximum absolute atomic E-state index is 11.4. The van der Waals surface area contributed by atoms with Crippen LogP contribution in [0.3, 0.4) is 0 Å². The summed E-state index contributed by atoms with van der Waals surface area (Å²) in [6.07, 6.45) is 1.16. The minimum Gasteiger partial charge on any atom is -0.491 e. The Morgan fingerprint density at radius 3 is 2.41 bits per heavy atom. The van der Waals surface area contributed by atoms with Crippen molar-refractivity contribution in [3.05, 3.63) is 24.3 Å². The summed E-state index contributed by atoms with van der Waals surface area (Å²) >= 11 is 0. The lowest BCUT2D eigenvalue weighted by atomic mass is 10.2. The first-order valence-electron chi connectivity index (χ1n) is 5.86. The number of anilines is 1. The molecule has 0 saturated heterocycles. The number of amides is 1. The number of carbonyl (C=O) groups excluding carboxylic acids is 1. The number of carbonyl (C=O) groups is 1. The van der Waals surface area contributed by atoms with Crippen molar-refractivity contribution in [2.24, 2.45) is 5.73 Å². The SMILES string of the molecule is CCC(C)Oc1ccc(NC(=O)[C@H](C)N)cc1. The van der Waals surface area contributed by atoms with Crippen molar-refractivity contribution in [3.63, 3.8) is 0 Å². The molecule has 0 radical (unpaired) electrons. The van der Waals surface area contributed by atoms with Crippen LogP contribution in [0.4, 0.5) is 5.69 Å². The highest BCUT2D eigenvalue weighted by molar-refractivity contribution is 5.94. The van der Waals surface area contributed by atoms with Crippen LogP contribution in [0.1, 0.15) is 27.2 Å². The van der Waals surface area contributed by atoms with Crippen molar-refractivity contribution in [2.75, 3.05) is 5.32 Å². The lowest BCUT2D eigenvalue weighted by Gasteiger charge is -2.13. The van der Waals surface area contributed by atoms with Crippen LogP contribution in [-0.2, 0) is 4.79 Å². The molecule has 0 aliphatic rings. The van der Waals surface area contributed by atoms with E-state index >= 15 is 0 Å². The zero-order valence-corrected chi connectivity index (χ0v) is 10.6. The van der Waals surface area contributed by atoms with E-state index in [0.29, 0.717) is 0 Å². The second-order valence-electron chi connectivity index (χ2n) is 4.14. The van der Waals surface area contributed by atoms with Gasteiger partial charge in [0.1, 0.15) is 5.75 Å². The molecule has 0 aliphatic carbocycles. The lowest BCUT2D eigenvalue weighted by Crippen LogP contribution is -2.32. The number of rotatable bonds is 5. The van der Waals surface area contributed by atoms with E-state index < -0.39 is 6.04 Å². The molecule has 0 heterocycles. The van der Waals surface area contributed by atoms with Gasteiger partial charge in [0.15, 0.2) is 0 Å². The monoisotopic (exact) mass is 236 g/mol. The first kappa shape index (κ1) is 13.5. The van der Waals surface area contributed by atoms with Gasteiger partial charge in [-0.25, -0.2) is 0 Å². The molecule has 1 unspecified atom stereocenters. The summed E-state index contributed by atoms with van der Waals surface area (Å²) in [5.41, 5.74) is 6.19. The predicted molar refractivity (Wildman–Crippen MR) is 69.1 cm³/mol. The zero-order chi connectivity index (χ0) is 12.8. The van der Waals surface area contributed by atoms with Gasteiger partial charge in [0, 0.05) is 5.69 Å². The van der Waals surface area contributed by atoms with Crippen LogP contribution in [0.25, 0.3) is 0 Å². The molecule has 2 atom stereocenters.